The van der Waals surface area contributed by atoms with Gasteiger partial charge in [0.2, 0.25) is 0 Å². The van der Waals surface area contributed by atoms with E-state index in [2.05, 4.69) is 24.8 Å². The zero-order chi connectivity index (χ0) is 17.9. The van der Waals surface area contributed by atoms with E-state index >= 15 is 0 Å². The van der Waals surface area contributed by atoms with Crippen molar-refractivity contribution in [2.45, 2.75) is 17.8 Å². The van der Waals surface area contributed by atoms with Gasteiger partial charge in [0.05, 0.1) is 24.2 Å². The van der Waals surface area contributed by atoms with Gasteiger partial charge in [-0.15, -0.1) is 0 Å². The fourth-order valence-corrected chi connectivity index (χ4v) is 3.67. The minimum absolute atomic E-state index is 0.169. The van der Waals surface area contributed by atoms with Gasteiger partial charge in [-0.1, -0.05) is 23.9 Å². The Bertz CT molecular complexity index is 985. The second-order valence-corrected chi connectivity index (χ2v) is 7.01. The standard InChI is InChI=1S/C18H19N5O2S/c1-12-10-16(23-6-8-25-9-7-23)22-18(19-12)26-11-15-17(24)21-14-5-3-2-4-13(14)20-15/h2-5,10H,6-9,11H2,1H3,(H,21,24). The molecule has 0 unspecified atom stereocenters. The van der Waals surface area contributed by atoms with Crippen LogP contribution in [0.1, 0.15) is 11.4 Å². The summed E-state index contributed by atoms with van der Waals surface area (Å²) in [6.45, 7) is 5.03. The fraction of sp³-hybridized carbons (Fsp3) is 0.333. The number of thioether (sulfide) groups is 1. The Morgan fingerprint density at radius 3 is 2.85 bits per heavy atom. The van der Waals surface area contributed by atoms with Gasteiger partial charge in [0.1, 0.15) is 11.5 Å². The van der Waals surface area contributed by atoms with Gasteiger partial charge in [0, 0.05) is 30.6 Å². The van der Waals surface area contributed by atoms with Crippen molar-refractivity contribution in [1.82, 2.24) is 19.9 Å². The van der Waals surface area contributed by atoms with E-state index in [0.29, 0.717) is 29.8 Å². The van der Waals surface area contributed by atoms with Crippen molar-refractivity contribution in [3.63, 3.8) is 0 Å². The fourth-order valence-electron chi connectivity index (χ4n) is 2.84. The lowest BCUT2D eigenvalue weighted by Gasteiger charge is -2.28. The first-order valence-electron chi connectivity index (χ1n) is 8.48. The Morgan fingerprint density at radius 2 is 2.00 bits per heavy atom. The van der Waals surface area contributed by atoms with E-state index in [0.717, 1.165) is 35.6 Å². The Hall–Kier alpha value is -2.45. The van der Waals surface area contributed by atoms with Crippen molar-refractivity contribution in [3.05, 3.63) is 52.1 Å². The zero-order valence-corrected chi connectivity index (χ0v) is 15.3. The molecule has 0 spiro atoms. The van der Waals surface area contributed by atoms with Crippen LogP contribution in [0.5, 0.6) is 0 Å². The second-order valence-electron chi connectivity index (χ2n) is 6.07. The highest BCUT2D eigenvalue weighted by molar-refractivity contribution is 7.98. The van der Waals surface area contributed by atoms with Crippen LogP contribution in [0.4, 0.5) is 5.82 Å². The smallest absolute Gasteiger partial charge is 0.271 e. The second kappa shape index (κ2) is 7.43. The molecular weight excluding hydrogens is 350 g/mol. The number of anilines is 1. The van der Waals surface area contributed by atoms with Crippen LogP contribution in [0, 0.1) is 6.92 Å². The first-order chi connectivity index (χ1) is 12.7. The molecule has 0 amide bonds. The Balaban J connectivity index is 1.55. The van der Waals surface area contributed by atoms with E-state index in [-0.39, 0.29) is 5.56 Å². The summed E-state index contributed by atoms with van der Waals surface area (Å²) in [5, 5.41) is 0.654. The summed E-state index contributed by atoms with van der Waals surface area (Å²) in [5.74, 6) is 1.33. The monoisotopic (exact) mass is 369 g/mol. The van der Waals surface area contributed by atoms with Crippen molar-refractivity contribution < 1.29 is 4.74 Å². The number of nitrogens with zero attached hydrogens (tertiary/aromatic N) is 4. The van der Waals surface area contributed by atoms with E-state index in [1.54, 1.807) is 0 Å². The largest absolute Gasteiger partial charge is 0.378 e. The van der Waals surface area contributed by atoms with Crippen LogP contribution >= 0.6 is 11.8 Å². The van der Waals surface area contributed by atoms with Crippen LogP contribution in [-0.2, 0) is 10.5 Å². The molecule has 0 aliphatic carbocycles. The predicted octanol–water partition coefficient (Wildman–Crippen LogP) is 2.15. The molecule has 7 nitrogen and oxygen atoms in total. The van der Waals surface area contributed by atoms with Crippen LogP contribution in [-0.4, -0.2) is 46.2 Å². The van der Waals surface area contributed by atoms with Crippen molar-refractivity contribution in [1.29, 1.82) is 0 Å². The SMILES string of the molecule is Cc1cc(N2CCOCC2)nc(SCc2nc3ccccc3[nH]c2=O)n1. The summed E-state index contributed by atoms with van der Waals surface area (Å²) in [7, 11) is 0. The maximum atomic E-state index is 12.2. The minimum Gasteiger partial charge on any atom is -0.378 e. The van der Waals surface area contributed by atoms with Gasteiger partial charge in [-0.2, -0.15) is 0 Å². The number of fused-ring (bicyclic) bond motifs is 1. The number of benzene rings is 1. The molecule has 4 rings (SSSR count). The third-order valence-electron chi connectivity index (χ3n) is 4.16. The number of para-hydroxylation sites is 2. The van der Waals surface area contributed by atoms with Crippen LogP contribution < -0.4 is 10.5 Å². The number of nitrogens with one attached hydrogen (secondary N) is 1. The maximum Gasteiger partial charge on any atom is 0.271 e. The number of aromatic amines is 1. The van der Waals surface area contributed by atoms with E-state index in [1.807, 2.05) is 37.3 Å². The van der Waals surface area contributed by atoms with Gasteiger partial charge in [-0.05, 0) is 19.1 Å². The molecule has 3 heterocycles. The van der Waals surface area contributed by atoms with Gasteiger partial charge in [0.25, 0.3) is 5.56 Å². The number of hydrogen-bond acceptors (Lipinski definition) is 7. The summed E-state index contributed by atoms with van der Waals surface area (Å²) >= 11 is 1.43. The van der Waals surface area contributed by atoms with E-state index in [9.17, 15) is 4.79 Å². The number of aryl methyl sites for hydroxylation is 1. The van der Waals surface area contributed by atoms with Crippen molar-refractivity contribution in [2.75, 3.05) is 31.2 Å². The lowest BCUT2D eigenvalue weighted by atomic mass is 10.3. The van der Waals surface area contributed by atoms with Crippen LogP contribution in [0.25, 0.3) is 11.0 Å². The van der Waals surface area contributed by atoms with Crippen LogP contribution in [0.15, 0.2) is 40.3 Å². The molecule has 0 saturated carbocycles. The summed E-state index contributed by atoms with van der Waals surface area (Å²) < 4.78 is 5.40. The first-order valence-corrected chi connectivity index (χ1v) is 9.47. The zero-order valence-electron chi connectivity index (χ0n) is 14.4. The molecule has 8 heteroatoms. The number of H-pyrrole nitrogens is 1. The number of hydrogen-bond donors (Lipinski definition) is 1. The Morgan fingerprint density at radius 1 is 1.19 bits per heavy atom. The maximum absolute atomic E-state index is 12.2. The molecule has 3 aromatic rings. The average Bonchev–Trinajstić information content (AvgIpc) is 2.66. The third kappa shape index (κ3) is 3.71. The molecule has 1 aliphatic heterocycles. The summed E-state index contributed by atoms with van der Waals surface area (Å²) in [6, 6.07) is 9.50. The van der Waals surface area contributed by atoms with Crippen LogP contribution in [0.2, 0.25) is 0 Å². The summed E-state index contributed by atoms with van der Waals surface area (Å²) in [6.07, 6.45) is 0. The third-order valence-corrected chi connectivity index (χ3v) is 5.02. The molecule has 26 heavy (non-hydrogen) atoms. The molecule has 1 N–H and O–H groups in total. The molecule has 1 aromatic carbocycles. The van der Waals surface area contributed by atoms with Gasteiger partial charge >= 0.3 is 0 Å². The Kier molecular flexibility index (Phi) is 4.85. The number of ether oxygens (including phenoxy) is 1. The van der Waals surface area contributed by atoms with Crippen molar-refractivity contribution in [2.24, 2.45) is 0 Å². The molecule has 2 aromatic heterocycles. The number of rotatable bonds is 4. The van der Waals surface area contributed by atoms with Crippen molar-refractivity contribution in [3.8, 4) is 0 Å². The van der Waals surface area contributed by atoms with Crippen LogP contribution in [0.3, 0.4) is 0 Å². The topological polar surface area (TPSA) is 84.0 Å². The number of morpholine rings is 1. The predicted molar refractivity (Wildman–Crippen MR) is 102 cm³/mol. The van der Waals surface area contributed by atoms with E-state index in [1.165, 1.54) is 11.8 Å². The van der Waals surface area contributed by atoms with E-state index in [4.69, 9.17) is 4.74 Å². The minimum atomic E-state index is -0.169. The summed E-state index contributed by atoms with van der Waals surface area (Å²) in [4.78, 5) is 30.9. The normalized spacial score (nSPS) is 14.7. The lowest BCUT2D eigenvalue weighted by Crippen LogP contribution is -2.36. The lowest BCUT2D eigenvalue weighted by molar-refractivity contribution is 0.122. The molecular formula is C18H19N5O2S. The molecule has 1 fully saturated rings. The van der Waals surface area contributed by atoms with Crippen molar-refractivity contribution >= 4 is 28.6 Å². The molecule has 0 bridgehead atoms. The molecule has 1 aliphatic rings. The van der Waals surface area contributed by atoms with Gasteiger partial charge in [-0.3, -0.25) is 4.79 Å². The van der Waals surface area contributed by atoms with Gasteiger partial charge < -0.3 is 14.6 Å². The Labute approximate surface area is 154 Å². The highest BCUT2D eigenvalue weighted by atomic mass is 32.2. The quantitative estimate of drug-likeness (QED) is 0.557. The van der Waals surface area contributed by atoms with Gasteiger partial charge in [-0.25, -0.2) is 15.0 Å². The number of aromatic nitrogens is 4. The molecule has 0 atom stereocenters. The van der Waals surface area contributed by atoms with Gasteiger partial charge in [0.15, 0.2) is 5.16 Å². The highest BCUT2D eigenvalue weighted by Gasteiger charge is 2.15. The molecule has 0 radical (unpaired) electrons. The average molecular weight is 369 g/mol. The first kappa shape index (κ1) is 17.0. The highest BCUT2D eigenvalue weighted by Crippen LogP contribution is 2.22. The molecule has 134 valence electrons. The summed E-state index contributed by atoms with van der Waals surface area (Å²) in [5.41, 5.74) is 2.74. The van der Waals surface area contributed by atoms with E-state index < -0.39 is 0 Å². The molecule has 1 saturated heterocycles.